The maximum Gasteiger partial charge on any atom is 0.165 e. The molecule has 0 heterocycles. The second kappa shape index (κ2) is 4.72. The molecule has 0 aromatic heterocycles. The van der Waals surface area contributed by atoms with E-state index in [0.717, 1.165) is 0 Å². The van der Waals surface area contributed by atoms with Crippen LogP contribution in [0.25, 0.3) is 0 Å². The van der Waals surface area contributed by atoms with Crippen molar-refractivity contribution in [2.45, 2.75) is 6.10 Å². The average Bonchev–Trinajstić information content (AvgIpc) is 2.20. The van der Waals surface area contributed by atoms with E-state index >= 15 is 0 Å². The fraction of sp³-hybridized carbons (Fsp3) is 0.300. The highest BCUT2D eigenvalue weighted by molar-refractivity contribution is 5.60. The zero-order valence-corrected chi connectivity index (χ0v) is 7.99. The molecule has 0 radical (unpaired) electrons. The van der Waals surface area contributed by atoms with Gasteiger partial charge < -0.3 is 14.3 Å². The molecule has 76 valence electrons. The van der Waals surface area contributed by atoms with E-state index in [1.807, 2.05) is 0 Å². The summed E-state index contributed by atoms with van der Waals surface area (Å²) >= 11 is 0. The first kappa shape index (κ1) is 10.7. The number of halogens is 1. The number of ether oxygens (including phenoxy) is 2. The van der Waals surface area contributed by atoms with Crippen LogP contribution < -0.4 is 4.74 Å². The van der Waals surface area contributed by atoms with Gasteiger partial charge in [0.05, 0.1) is 7.11 Å². The summed E-state index contributed by atoms with van der Waals surface area (Å²) in [6.07, 6.45) is -0.114. The molecule has 3 nitrogen and oxygen atoms in total. The molecule has 0 aliphatic carbocycles. The molecular formula is C10H11FO3. The smallest absolute Gasteiger partial charge is 0.165 e. The second-order valence-corrected chi connectivity index (χ2v) is 2.69. The fourth-order valence-electron chi connectivity index (χ4n) is 1.13. The molecule has 0 fully saturated rings. The standard InChI is InChI=1S/C10H11FO3/c1-13-9-4-3-7(5-8(9)11)10(6-12)14-2/h3-6,10H,1-2H3. The number of carbonyl (C=O) groups excluding carboxylic acids is 1. The number of carbonyl (C=O) groups is 1. The SMILES string of the molecule is COc1ccc(C(C=O)OC)cc1F. The molecule has 0 amide bonds. The van der Waals surface area contributed by atoms with E-state index < -0.39 is 11.9 Å². The molecule has 0 aliphatic heterocycles. The van der Waals surface area contributed by atoms with Gasteiger partial charge in [-0.05, 0) is 17.7 Å². The maximum absolute atomic E-state index is 13.2. The van der Waals surface area contributed by atoms with Crippen molar-refractivity contribution in [3.05, 3.63) is 29.6 Å². The summed E-state index contributed by atoms with van der Waals surface area (Å²) < 4.78 is 22.8. The third-order valence-electron chi connectivity index (χ3n) is 1.88. The van der Waals surface area contributed by atoms with Crippen LogP contribution in [0.1, 0.15) is 11.7 Å². The molecule has 1 rings (SSSR count). The van der Waals surface area contributed by atoms with Crippen molar-refractivity contribution in [3.63, 3.8) is 0 Å². The van der Waals surface area contributed by atoms with Crippen molar-refractivity contribution in [1.29, 1.82) is 0 Å². The Morgan fingerprint density at radius 3 is 2.57 bits per heavy atom. The monoisotopic (exact) mass is 198 g/mol. The Kier molecular flexibility index (Phi) is 3.59. The summed E-state index contributed by atoms with van der Waals surface area (Å²) in [5.74, 6) is -0.358. The Bertz CT molecular complexity index is 325. The quantitative estimate of drug-likeness (QED) is 0.691. The summed E-state index contributed by atoms with van der Waals surface area (Å²) in [7, 11) is 2.77. The van der Waals surface area contributed by atoms with Crippen LogP contribution in [0.15, 0.2) is 18.2 Å². The van der Waals surface area contributed by atoms with Gasteiger partial charge in [-0.3, -0.25) is 0 Å². The normalized spacial score (nSPS) is 12.2. The van der Waals surface area contributed by atoms with Crippen LogP contribution in [0.3, 0.4) is 0 Å². The molecule has 1 unspecified atom stereocenters. The van der Waals surface area contributed by atoms with E-state index in [9.17, 15) is 9.18 Å². The lowest BCUT2D eigenvalue weighted by Crippen LogP contribution is -2.03. The van der Waals surface area contributed by atoms with Gasteiger partial charge in [0.1, 0.15) is 6.10 Å². The van der Waals surface area contributed by atoms with Gasteiger partial charge in [0, 0.05) is 7.11 Å². The van der Waals surface area contributed by atoms with Crippen LogP contribution >= 0.6 is 0 Å². The summed E-state index contributed by atoms with van der Waals surface area (Å²) in [6, 6.07) is 4.27. The van der Waals surface area contributed by atoms with Crippen LogP contribution in [-0.2, 0) is 9.53 Å². The average molecular weight is 198 g/mol. The van der Waals surface area contributed by atoms with Crippen LogP contribution in [-0.4, -0.2) is 20.5 Å². The lowest BCUT2D eigenvalue weighted by molar-refractivity contribution is -0.116. The number of aldehydes is 1. The molecule has 1 atom stereocenters. The highest BCUT2D eigenvalue weighted by Crippen LogP contribution is 2.22. The van der Waals surface area contributed by atoms with Crippen LogP contribution in [0.4, 0.5) is 4.39 Å². The minimum absolute atomic E-state index is 0.148. The number of hydrogen-bond donors (Lipinski definition) is 0. The molecule has 0 saturated heterocycles. The van der Waals surface area contributed by atoms with Crippen molar-refractivity contribution in [2.75, 3.05) is 14.2 Å². The molecule has 0 aliphatic rings. The summed E-state index contributed by atoms with van der Waals surface area (Å²) in [6.45, 7) is 0. The van der Waals surface area contributed by atoms with Gasteiger partial charge in [-0.1, -0.05) is 6.07 Å². The van der Waals surface area contributed by atoms with E-state index in [1.54, 1.807) is 6.07 Å². The third kappa shape index (κ3) is 2.09. The Hall–Kier alpha value is -1.42. The molecule has 0 spiro atoms. The second-order valence-electron chi connectivity index (χ2n) is 2.69. The van der Waals surface area contributed by atoms with Crippen molar-refractivity contribution in [2.24, 2.45) is 0 Å². The molecule has 0 N–H and O–H groups in total. The van der Waals surface area contributed by atoms with Crippen LogP contribution in [0.5, 0.6) is 5.75 Å². The predicted molar refractivity (Wildman–Crippen MR) is 48.8 cm³/mol. The van der Waals surface area contributed by atoms with E-state index in [4.69, 9.17) is 9.47 Å². The molecule has 4 heteroatoms. The first-order valence-corrected chi connectivity index (χ1v) is 4.04. The Morgan fingerprint density at radius 2 is 2.14 bits per heavy atom. The lowest BCUT2D eigenvalue weighted by Gasteiger charge is -2.09. The molecule has 0 saturated carbocycles. The molecule has 0 bridgehead atoms. The highest BCUT2D eigenvalue weighted by Gasteiger charge is 2.11. The molecular weight excluding hydrogens is 187 g/mol. The van der Waals surface area contributed by atoms with E-state index in [1.165, 1.54) is 26.4 Å². The van der Waals surface area contributed by atoms with Crippen LogP contribution in [0, 0.1) is 5.82 Å². The number of methoxy groups -OCH3 is 2. The first-order valence-electron chi connectivity index (χ1n) is 4.04. The summed E-state index contributed by atoms with van der Waals surface area (Å²) in [5, 5.41) is 0. The van der Waals surface area contributed by atoms with Gasteiger partial charge >= 0.3 is 0 Å². The number of hydrogen-bond acceptors (Lipinski definition) is 3. The van der Waals surface area contributed by atoms with Crippen LogP contribution in [0.2, 0.25) is 0 Å². The van der Waals surface area contributed by atoms with Gasteiger partial charge in [0.15, 0.2) is 17.9 Å². The van der Waals surface area contributed by atoms with Crippen molar-refractivity contribution in [3.8, 4) is 5.75 Å². The highest BCUT2D eigenvalue weighted by atomic mass is 19.1. The summed E-state index contributed by atoms with van der Waals surface area (Å²) in [5.41, 5.74) is 0.473. The van der Waals surface area contributed by atoms with Crippen molar-refractivity contribution < 1.29 is 18.7 Å². The van der Waals surface area contributed by atoms with Gasteiger partial charge in [0.25, 0.3) is 0 Å². The van der Waals surface area contributed by atoms with Crippen molar-refractivity contribution in [1.82, 2.24) is 0 Å². The first-order chi connectivity index (χ1) is 6.72. The van der Waals surface area contributed by atoms with Gasteiger partial charge in [0.2, 0.25) is 0 Å². The molecule has 14 heavy (non-hydrogen) atoms. The Morgan fingerprint density at radius 1 is 1.43 bits per heavy atom. The number of rotatable bonds is 4. The third-order valence-corrected chi connectivity index (χ3v) is 1.88. The summed E-state index contributed by atoms with van der Waals surface area (Å²) in [4.78, 5) is 10.5. The molecule has 1 aromatic carbocycles. The zero-order valence-electron chi connectivity index (χ0n) is 7.99. The van der Waals surface area contributed by atoms with E-state index in [2.05, 4.69) is 0 Å². The van der Waals surface area contributed by atoms with E-state index in [-0.39, 0.29) is 5.75 Å². The maximum atomic E-state index is 13.2. The van der Waals surface area contributed by atoms with E-state index in [0.29, 0.717) is 11.8 Å². The topological polar surface area (TPSA) is 35.5 Å². The van der Waals surface area contributed by atoms with Crippen molar-refractivity contribution >= 4 is 6.29 Å². The molecule has 1 aromatic rings. The van der Waals surface area contributed by atoms with Gasteiger partial charge in [-0.2, -0.15) is 0 Å². The largest absolute Gasteiger partial charge is 0.494 e. The predicted octanol–water partition coefficient (Wildman–Crippen LogP) is 1.72. The fourth-order valence-corrected chi connectivity index (χ4v) is 1.13. The van der Waals surface area contributed by atoms with Gasteiger partial charge in [-0.15, -0.1) is 0 Å². The zero-order chi connectivity index (χ0) is 10.6. The number of benzene rings is 1. The lowest BCUT2D eigenvalue weighted by atomic mass is 10.1. The minimum atomic E-state index is -0.726. The minimum Gasteiger partial charge on any atom is -0.494 e. The van der Waals surface area contributed by atoms with Gasteiger partial charge in [-0.25, -0.2) is 4.39 Å². The Balaban J connectivity index is 3.01. The Labute approximate surface area is 81.4 Å².